The maximum Gasteiger partial charge on any atom is 0.224 e. The fourth-order valence-corrected chi connectivity index (χ4v) is 3.20. The van der Waals surface area contributed by atoms with Crippen LogP contribution in [0.2, 0.25) is 0 Å². The van der Waals surface area contributed by atoms with Crippen LogP contribution < -0.4 is 11.5 Å². The SMILES string of the molecule is Nc1nc(N)c2nc(C=Cc3ccccc3)n([C@H]3C[C@H](O)[C@@H](CO)O3)c2n1. The van der Waals surface area contributed by atoms with Crippen LogP contribution in [0, 0.1) is 0 Å². The molecule has 0 spiro atoms. The molecule has 0 bridgehead atoms. The average molecular weight is 368 g/mol. The van der Waals surface area contributed by atoms with E-state index in [0.717, 1.165) is 5.56 Å². The first-order chi connectivity index (χ1) is 13.1. The molecule has 0 unspecified atom stereocenters. The number of ether oxygens (including phenoxy) is 1. The van der Waals surface area contributed by atoms with Gasteiger partial charge in [-0.3, -0.25) is 4.57 Å². The number of nitrogens with zero attached hydrogens (tertiary/aromatic N) is 4. The fraction of sp³-hybridized carbons (Fsp3) is 0.278. The lowest BCUT2D eigenvalue weighted by atomic mass is 10.2. The second kappa shape index (κ2) is 6.95. The Kier molecular flexibility index (Phi) is 4.48. The largest absolute Gasteiger partial charge is 0.394 e. The number of hydrogen-bond acceptors (Lipinski definition) is 8. The zero-order valence-electron chi connectivity index (χ0n) is 14.4. The molecule has 6 N–H and O–H groups in total. The van der Waals surface area contributed by atoms with Gasteiger partial charge in [0.05, 0.1) is 12.7 Å². The number of aromatic nitrogens is 4. The van der Waals surface area contributed by atoms with Gasteiger partial charge in [0.15, 0.2) is 17.0 Å². The summed E-state index contributed by atoms with van der Waals surface area (Å²) < 4.78 is 7.52. The highest BCUT2D eigenvalue weighted by Crippen LogP contribution is 2.33. The monoisotopic (exact) mass is 368 g/mol. The Labute approximate surface area is 154 Å². The second-order valence-electron chi connectivity index (χ2n) is 6.34. The van der Waals surface area contributed by atoms with Gasteiger partial charge >= 0.3 is 0 Å². The number of fused-ring (bicyclic) bond motifs is 1. The van der Waals surface area contributed by atoms with Gasteiger partial charge in [-0.1, -0.05) is 36.4 Å². The zero-order chi connectivity index (χ0) is 19.0. The molecule has 1 saturated heterocycles. The minimum Gasteiger partial charge on any atom is -0.394 e. The summed E-state index contributed by atoms with van der Waals surface area (Å²) in [6.45, 7) is -0.279. The highest BCUT2D eigenvalue weighted by molar-refractivity contribution is 5.85. The molecule has 9 nitrogen and oxygen atoms in total. The fourth-order valence-electron chi connectivity index (χ4n) is 3.20. The summed E-state index contributed by atoms with van der Waals surface area (Å²) in [5.41, 5.74) is 13.5. The Morgan fingerprint density at radius 1 is 1.15 bits per heavy atom. The van der Waals surface area contributed by atoms with Crippen LogP contribution in [0.5, 0.6) is 0 Å². The van der Waals surface area contributed by atoms with Crippen LogP contribution in [0.15, 0.2) is 30.3 Å². The van der Waals surface area contributed by atoms with Crippen molar-refractivity contribution >= 4 is 35.1 Å². The summed E-state index contributed by atoms with van der Waals surface area (Å²) in [5.74, 6) is 0.733. The molecule has 1 aromatic carbocycles. The van der Waals surface area contributed by atoms with Crippen molar-refractivity contribution in [1.82, 2.24) is 19.5 Å². The molecule has 0 saturated carbocycles. The van der Waals surface area contributed by atoms with Crippen LogP contribution in [-0.4, -0.2) is 48.5 Å². The molecule has 0 radical (unpaired) electrons. The standard InChI is InChI=1S/C18H20N6O3/c19-16-15-17(23-18(20)22-16)24(14-8-11(26)12(9-25)27-14)13(21-15)7-6-10-4-2-1-3-5-10/h1-7,11-12,14,25-26H,8-9H2,(H4,19,20,22,23)/t11-,12+,14+/m0/s1. The molecule has 1 aliphatic rings. The molecule has 0 amide bonds. The summed E-state index contributed by atoms with van der Waals surface area (Å²) in [4.78, 5) is 12.8. The van der Waals surface area contributed by atoms with Crippen molar-refractivity contribution < 1.29 is 14.9 Å². The van der Waals surface area contributed by atoms with E-state index in [9.17, 15) is 10.2 Å². The Balaban J connectivity index is 1.83. The first-order valence-corrected chi connectivity index (χ1v) is 8.55. The predicted molar refractivity (Wildman–Crippen MR) is 101 cm³/mol. The molecule has 3 aromatic rings. The van der Waals surface area contributed by atoms with Crippen molar-refractivity contribution in [1.29, 1.82) is 0 Å². The first-order valence-electron chi connectivity index (χ1n) is 8.55. The third kappa shape index (κ3) is 3.23. The van der Waals surface area contributed by atoms with Crippen LogP contribution in [0.3, 0.4) is 0 Å². The van der Waals surface area contributed by atoms with Gasteiger partial charge < -0.3 is 26.4 Å². The van der Waals surface area contributed by atoms with E-state index in [1.165, 1.54) is 0 Å². The predicted octanol–water partition coefficient (Wildman–Crippen LogP) is 0.802. The van der Waals surface area contributed by atoms with Gasteiger partial charge in [0.2, 0.25) is 5.95 Å². The van der Waals surface area contributed by atoms with Crippen molar-refractivity contribution in [3.8, 4) is 0 Å². The van der Waals surface area contributed by atoms with Crippen LogP contribution in [0.1, 0.15) is 24.0 Å². The number of aliphatic hydroxyl groups excluding tert-OH is 2. The van der Waals surface area contributed by atoms with Crippen molar-refractivity contribution in [2.45, 2.75) is 24.9 Å². The third-order valence-corrected chi connectivity index (χ3v) is 4.51. The Morgan fingerprint density at radius 2 is 1.93 bits per heavy atom. The van der Waals surface area contributed by atoms with E-state index in [0.29, 0.717) is 17.0 Å². The maximum atomic E-state index is 10.1. The molecule has 4 rings (SSSR count). The molecule has 3 atom stereocenters. The lowest BCUT2D eigenvalue weighted by Gasteiger charge is -2.15. The smallest absolute Gasteiger partial charge is 0.224 e. The molecule has 2 aromatic heterocycles. The van der Waals surface area contributed by atoms with Crippen LogP contribution in [-0.2, 0) is 4.74 Å². The quantitative estimate of drug-likeness (QED) is 0.529. The number of nitrogens with two attached hydrogens (primary N) is 2. The highest BCUT2D eigenvalue weighted by atomic mass is 16.5. The van der Waals surface area contributed by atoms with Crippen molar-refractivity contribution in [2.24, 2.45) is 0 Å². The Morgan fingerprint density at radius 3 is 2.63 bits per heavy atom. The lowest BCUT2D eigenvalue weighted by Crippen LogP contribution is -2.24. The van der Waals surface area contributed by atoms with Gasteiger partial charge in [0.1, 0.15) is 18.2 Å². The highest BCUT2D eigenvalue weighted by Gasteiger charge is 2.36. The van der Waals surface area contributed by atoms with Crippen LogP contribution in [0.4, 0.5) is 11.8 Å². The minimum atomic E-state index is -0.792. The zero-order valence-corrected chi connectivity index (χ0v) is 14.4. The number of hydrogen-bond donors (Lipinski definition) is 4. The molecular weight excluding hydrogens is 348 g/mol. The average Bonchev–Trinajstić information content (AvgIpc) is 3.20. The van der Waals surface area contributed by atoms with Gasteiger partial charge in [-0.2, -0.15) is 9.97 Å². The summed E-state index contributed by atoms with van der Waals surface area (Å²) in [6.07, 6.45) is 1.97. The number of imidazole rings is 1. The van der Waals surface area contributed by atoms with Gasteiger partial charge in [-0.05, 0) is 11.6 Å². The molecule has 1 fully saturated rings. The number of benzene rings is 1. The molecule has 140 valence electrons. The first kappa shape index (κ1) is 17.4. The lowest BCUT2D eigenvalue weighted by molar-refractivity contribution is -0.0433. The van der Waals surface area contributed by atoms with Gasteiger partial charge in [-0.15, -0.1) is 0 Å². The molecule has 9 heteroatoms. The van der Waals surface area contributed by atoms with Crippen molar-refractivity contribution in [3.63, 3.8) is 0 Å². The molecule has 0 aliphatic carbocycles. The van der Waals surface area contributed by atoms with E-state index in [1.807, 2.05) is 42.5 Å². The topological polar surface area (TPSA) is 145 Å². The van der Waals surface area contributed by atoms with E-state index >= 15 is 0 Å². The van der Waals surface area contributed by atoms with Crippen LogP contribution in [0.25, 0.3) is 23.3 Å². The second-order valence-corrected chi connectivity index (χ2v) is 6.34. The summed E-state index contributed by atoms with van der Waals surface area (Å²) >= 11 is 0. The molecular formula is C18H20N6O3. The van der Waals surface area contributed by atoms with E-state index in [4.69, 9.17) is 16.2 Å². The number of anilines is 2. The maximum absolute atomic E-state index is 10.1. The number of rotatable bonds is 4. The van der Waals surface area contributed by atoms with Gasteiger partial charge in [0, 0.05) is 6.42 Å². The van der Waals surface area contributed by atoms with Crippen molar-refractivity contribution in [3.05, 3.63) is 41.7 Å². The normalized spacial score (nSPS) is 22.8. The summed E-state index contributed by atoms with van der Waals surface area (Å²) in [7, 11) is 0. The van der Waals surface area contributed by atoms with E-state index in [2.05, 4.69) is 15.0 Å². The molecule has 1 aliphatic heterocycles. The Bertz CT molecular complexity index is 988. The molecule has 27 heavy (non-hydrogen) atoms. The van der Waals surface area contributed by atoms with Gasteiger partial charge in [-0.25, -0.2) is 4.98 Å². The van der Waals surface area contributed by atoms with E-state index in [-0.39, 0.29) is 24.8 Å². The van der Waals surface area contributed by atoms with Gasteiger partial charge in [0.25, 0.3) is 0 Å². The number of aliphatic hydroxyl groups is 2. The summed E-state index contributed by atoms with van der Waals surface area (Å²) in [5, 5.41) is 19.5. The third-order valence-electron chi connectivity index (χ3n) is 4.51. The van der Waals surface area contributed by atoms with E-state index < -0.39 is 18.4 Å². The van der Waals surface area contributed by atoms with Crippen LogP contribution >= 0.6 is 0 Å². The van der Waals surface area contributed by atoms with E-state index in [1.54, 1.807) is 4.57 Å². The van der Waals surface area contributed by atoms with Crippen molar-refractivity contribution in [2.75, 3.05) is 18.1 Å². The molecule has 3 heterocycles. The minimum absolute atomic E-state index is 0.0250. The summed E-state index contributed by atoms with van der Waals surface area (Å²) in [6, 6.07) is 9.75. The number of nitrogen functional groups attached to an aromatic ring is 2. The Hall–Kier alpha value is -3.01.